The number of halogens is 2. The maximum absolute atomic E-state index is 12.7. The van der Waals surface area contributed by atoms with Gasteiger partial charge in [-0.2, -0.15) is 0 Å². The minimum atomic E-state index is -0.600. The number of hydrogen-bond acceptors (Lipinski definition) is 4. The largest absolute Gasteiger partial charge is 0.455 e. The first kappa shape index (κ1) is 23.3. The van der Waals surface area contributed by atoms with Gasteiger partial charge in [0.25, 0.3) is 5.91 Å². The van der Waals surface area contributed by atoms with Crippen LogP contribution in [0.2, 0.25) is 5.02 Å². The molecule has 0 aromatic heterocycles. The summed E-state index contributed by atoms with van der Waals surface area (Å²) in [4.78, 5) is 39.0. The molecule has 164 valence electrons. The van der Waals surface area contributed by atoms with Gasteiger partial charge in [0.1, 0.15) is 0 Å². The first-order valence-corrected chi connectivity index (χ1v) is 11.3. The van der Waals surface area contributed by atoms with Crippen molar-refractivity contribution in [2.24, 2.45) is 5.92 Å². The second kappa shape index (κ2) is 10.3. The molecule has 31 heavy (non-hydrogen) atoms. The van der Waals surface area contributed by atoms with Crippen molar-refractivity contribution in [1.82, 2.24) is 0 Å². The zero-order valence-corrected chi connectivity index (χ0v) is 19.8. The predicted octanol–water partition coefficient (Wildman–Crippen LogP) is 4.76. The van der Waals surface area contributed by atoms with Crippen LogP contribution in [0.5, 0.6) is 0 Å². The Kier molecular flexibility index (Phi) is 7.73. The quantitative estimate of drug-likeness (QED) is 0.548. The summed E-state index contributed by atoms with van der Waals surface area (Å²) in [6.45, 7) is 3.91. The van der Waals surface area contributed by atoms with Crippen LogP contribution in [0.4, 0.5) is 11.4 Å². The summed E-state index contributed by atoms with van der Waals surface area (Å²) in [5.74, 6) is -1.73. The van der Waals surface area contributed by atoms with Crippen molar-refractivity contribution in [3.63, 3.8) is 0 Å². The SMILES string of the molecule is CCc1cccc(CC)c1N1C[C@H](C(=O)OCC(=O)Nc2ccc(Br)c(Cl)c2)CC1=O. The third-order valence-electron chi connectivity index (χ3n) is 5.24. The fourth-order valence-electron chi connectivity index (χ4n) is 3.67. The van der Waals surface area contributed by atoms with Gasteiger partial charge in [-0.25, -0.2) is 0 Å². The van der Waals surface area contributed by atoms with Gasteiger partial charge in [0.15, 0.2) is 6.61 Å². The third-order valence-corrected chi connectivity index (χ3v) is 6.47. The number of benzene rings is 2. The molecule has 0 unspecified atom stereocenters. The Bertz CT molecular complexity index is 989. The first-order valence-electron chi connectivity index (χ1n) is 10.2. The average Bonchev–Trinajstić information content (AvgIpc) is 3.15. The summed E-state index contributed by atoms with van der Waals surface area (Å²) in [6.07, 6.45) is 1.66. The number of hydrogen-bond donors (Lipinski definition) is 1. The van der Waals surface area contributed by atoms with Gasteiger partial charge >= 0.3 is 5.97 Å². The van der Waals surface area contributed by atoms with Gasteiger partial charge in [-0.15, -0.1) is 0 Å². The van der Waals surface area contributed by atoms with Crippen molar-refractivity contribution in [2.75, 3.05) is 23.4 Å². The van der Waals surface area contributed by atoms with Crippen molar-refractivity contribution >= 4 is 56.7 Å². The van der Waals surface area contributed by atoms with Crippen molar-refractivity contribution in [3.05, 3.63) is 57.0 Å². The van der Waals surface area contributed by atoms with E-state index >= 15 is 0 Å². The lowest BCUT2D eigenvalue weighted by atomic mass is 10.0. The first-order chi connectivity index (χ1) is 14.8. The fourth-order valence-corrected chi connectivity index (χ4v) is 4.10. The van der Waals surface area contributed by atoms with Crippen LogP contribution in [-0.2, 0) is 32.0 Å². The Morgan fingerprint density at radius 2 is 1.87 bits per heavy atom. The molecule has 8 heteroatoms. The molecule has 0 aliphatic carbocycles. The number of ether oxygens (including phenoxy) is 1. The van der Waals surface area contributed by atoms with E-state index in [0.717, 1.165) is 29.7 Å². The number of rotatable bonds is 7. The molecule has 1 heterocycles. The van der Waals surface area contributed by atoms with E-state index in [4.69, 9.17) is 16.3 Å². The molecular weight excluding hydrogens is 484 g/mol. The lowest BCUT2D eigenvalue weighted by molar-refractivity contribution is -0.151. The van der Waals surface area contributed by atoms with E-state index in [2.05, 4.69) is 21.2 Å². The highest BCUT2D eigenvalue weighted by atomic mass is 79.9. The average molecular weight is 508 g/mol. The molecule has 0 radical (unpaired) electrons. The molecule has 1 atom stereocenters. The molecule has 2 aromatic rings. The number of carbonyl (C=O) groups is 3. The Morgan fingerprint density at radius 3 is 2.48 bits per heavy atom. The molecule has 2 aromatic carbocycles. The lowest BCUT2D eigenvalue weighted by Crippen LogP contribution is -2.29. The number of anilines is 2. The number of para-hydroxylation sites is 1. The number of aryl methyl sites for hydroxylation is 2. The van der Waals surface area contributed by atoms with Crippen LogP contribution in [-0.4, -0.2) is 30.9 Å². The van der Waals surface area contributed by atoms with Crippen LogP contribution < -0.4 is 10.2 Å². The number of nitrogens with one attached hydrogen (secondary N) is 1. The van der Waals surface area contributed by atoms with Crippen molar-refractivity contribution in [2.45, 2.75) is 33.1 Å². The van der Waals surface area contributed by atoms with Gasteiger partial charge in [0.2, 0.25) is 5.91 Å². The molecule has 1 N–H and O–H groups in total. The summed E-state index contributed by atoms with van der Waals surface area (Å²) in [5, 5.41) is 3.09. The zero-order valence-electron chi connectivity index (χ0n) is 17.4. The summed E-state index contributed by atoms with van der Waals surface area (Å²) in [6, 6.07) is 11.0. The molecule has 1 aliphatic heterocycles. The summed E-state index contributed by atoms with van der Waals surface area (Å²) < 4.78 is 5.90. The maximum Gasteiger partial charge on any atom is 0.311 e. The van der Waals surface area contributed by atoms with E-state index in [9.17, 15) is 14.4 Å². The van der Waals surface area contributed by atoms with Crippen molar-refractivity contribution in [3.8, 4) is 0 Å². The van der Waals surface area contributed by atoms with Crippen LogP contribution >= 0.6 is 27.5 Å². The molecule has 1 fully saturated rings. The topological polar surface area (TPSA) is 75.7 Å². The predicted molar refractivity (Wildman–Crippen MR) is 124 cm³/mol. The smallest absolute Gasteiger partial charge is 0.311 e. The second-order valence-corrected chi connectivity index (χ2v) is 8.58. The van der Waals surface area contributed by atoms with E-state index in [1.165, 1.54) is 0 Å². The van der Waals surface area contributed by atoms with Gasteiger partial charge < -0.3 is 15.0 Å². The normalized spacial score (nSPS) is 15.8. The number of amides is 2. The Morgan fingerprint density at radius 1 is 1.19 bits per heavy atom. The van der Waals surface area contributed by atoms with E-state index in [1.54, 1.807) is 23.1 Å². The van der Waals surface area contributed by atoms with E-state index in [0.29, 0.717) is 15.2 Å². The number of carbonyl (C=O) groups excluding carboxylic acids is 3. The van der Waals surface area contributed by atoms with Gasteiger partial charge in [-0.3, -0.25) is 14.4 Å². The molecule has 1 aliphatic rings. The molecular formula is C23H24BrClN2O4. The monoisotopic (exact) mass is 506 g/mol. The maximum atomic E-state index is 12.7. The standard InChI is InChI=1S/C23H24BrClN2O4/c1-3-14-6-5-7-15(4-2)22(14)27-12-16(10-21(27)29)23(30)31-13-20(28)26-17-8-9-18(24)19(25)11-17/h5-9,11,16H,3-4,10,12-13H2,1-2H3,(H,26,28)/t16-/m1/s1. The van der Waals surface area contributed by atoms with Gasteiger partial charge in [-0.05, 0) is 58.1 Å². The molecule has 0 saturated carbocycles. The summed E-state index contributed by atoms with van der Waals surface area (Å²) in [7, 11) is 0. The van der Waals surface area contributed by atoms with E-state index in [-0.39, 0.29) is 18.9 Å². The van der Waals surface area contributed by atoms with E-state index in [1.807, 2.05) is 32.0 Å². The molecule has 3 rings (SSSR count). The molecule has 2 amide bonds. The molecule has 1 saturated heterocycles. The van der Waals surface area contributed by atoms with Crippen LogP contribution in [0.1, 0.15) is 31.4 Å². The minimum absolute atomic E-state index is 0.0734. The van der Waals surface area contributed by atoms with Crippen molar-refractivity contribution in [1.29, 1.82) is 0 Å². The number of nitrogens with zero attached hydrogens (tertiary/aromatic N) is 1. The second-order valence-electron chi connectivity index (χ2n) is 7.32. The van der Waals surface area contributed by atoms with Crippen LogP contribution in [0, 0.1) is 5.92 Å². The zero-order chi connectivity index (χ0) is 22.5. The fraction of sp³-hybridized carbons (Fsp3) is 0.348. The van der Waals surface area contributed by atoms with Gasteiger partial charge in [0.05, 0.1) is 10.9 Å². The number of esters is 1. The van der Waals surface area contributed by atoms with E-state index < -0.39 is 24.4 Å². The summed E-state index contributed by atoms with van der Waals surface area (Å²) in [5.41, 5.74) is 3.56. The van der Waals surface area contributed by atoms with Gasteiger partial charge in [0, 0.05) is 28.8 Å². The highest BCUT2D eigenvalue weighted by Crippen LogP contribution is 2.33. The highest BCUT2D eigenvalue weighted by Gasteiger charge is 2.37. The Balaban J connectivity index is 1.61. The third kappa shape index (κ3) is 5.46. The highest BCUT2D eigenvalue weighted by molar-refractivity contribution is 9.10. The van der Waals surface area contributed by atoms with Crippen molar-refractivity contribution < 1.29 is 19.1 Å². The van der Waals surface area contributed by atoms with Crippen LogP contribution in [0.25, 0.3) is 0 Å². The van der Waals surface area contributed by atoms with Crippen LogP contribution in [0.3, 0.4) is 0 Å². The molecule has 6 nitrogen and oxygen atoms in total. The molecule has 0 spiro atoms. The lowest BCUT2D eigenvalue weighted by Gasteiger charge is -2.23. The summed E-state index contributed by atoms with van der Waals surface area (Å²) >= 11 is 9.29. The minimum Gasteiger partial charge on any atom is -0.455 e. The van der Waals surface area contributed by atoms with Crippen LogP contribution in [0.15, 0.2) is 40.9 Å². The Labute approximate surface area is 195 Å². The Hall–Kier alpha value is -2.38. The molecule has 0 bridgehead atoms. The van der Waals surface area contributed by atoms with Gasteiger partial charge in [-0.1, -0.05) is 43.6 Å².